The Morgan fingerprint density at radius 1 is 1.64 bits per heavy atom. The molecule has 2 rings (SSSR count). The Morgan fingerprint density at radius 2 is 2.36 bits per heavy atom. The summed E-state index contributed by atoms with van der Waals surface area (Å²) in [6, 6.07) is 1.51. The summed E-state index contributed by atoms with van der Waals surface area (Å²) in [5.41, 5.74) is 0.518. The van der Waals surface area contributed by atoms with E-state index in [-0.39, 0.29) is 5.15 Å². The lowest BCUT2D eigenvalue weighted by atomic mass is 10.3. The molecule has 0 aliphatic carbocycles. The van der Waals surface area contributed by atoms with Crippen LogP contribution in [0.4, 0.5) is 4.79 Å². The minimum absolute atomic E-state index is 0.269. The van der Waals surface area contributed by atoms with E-state index in [1.807, 2.05) is 0 Å². The number of halogens is 2. The summed E-state index contributed by atoms with van der Waals surface area (Å²) in [4.78, 5) is 14.7. The van der Waals surface area contributed by atoms with Crippen LogP contribution in [-0.4, -0.2) is 20.8 Å². The van der Waals surface area contributed by atoms with Crippen LogP contribution >= 0.6 is 27.5 Å². The van der Waals surface area contributed by atoms with Crippen LogP contribution in [0.2, 0.25) is 5.15 Å². The lowest BCUT2D eigenvalue weighted by Crippen LogP contribution is -2.05. The van der Waals surface area contributed by atoms with Gasteiger partial charge in [0.05, 0.1) is 5.52 Å². The third-order valence-corrected chi connectivity index (χ3v) is 2.65. The Morgan fingerprint density at radius 3 is 3.00 bits per heavy atom. The van der Waals surface area contributed by atoms with E-state index >= 15 is 0 Å². The van der Waals surface area contributed by atoms with Gasteiger partial charge >= 0.3 is 6.09 Å². The van der Waals surface area contributed by atoms with Gasteiger partial charge in [-0.25, -0.2) is 9.78 Å². The highest BCUT2D eigenvalue weighted by molar-refractivity contribution is 9.10. The number of aromatic nitrogens is 2. The fraction of sp³-hybridized carbons (Fsp3) is 0. The second-order valence-corrected chi connectivity index (χ2v) is 3.90. The summed E-state index contributed by atoms with van der Waals surface area (Å²) in [7, 11) is 0. The molecule has 0 atom stereocenters. The average Bonchev–Trinajstić information content (AvgIpc) is 2.43. The number of carbonyl (C=O) groups is 1. The molecular formula is C8H4BrClN2O2. The maximum absolute atomic E-state index is 10.8. The molecule has 0 bridgehead atoms. The molecule has 0 unspecified atom stereocenters. The summed E-state index contributed by atoms with van der Waals surface area (Å²) >= 11 is 8.92. The van der Waals surface area contributed by atoms with Gasteiger partial charge in [0.2, 0.25) is 0 Å². The fourth-order valence-corrected chi connectivity index (χ4v) is 1.88. The number of fused-ring (bicyclic) bond motifs is 1. The Labute approximate surface area is 92.2 Å². The lowest BCUT2D eigenvalue weighted by molar-refractivity contribution is 0.197. The van der Waals surface area contributed by atoms with Crippen molar-refractivity contribution in [2.75, 3.05) is 0 Å². The van der Waals surface area contributed by atoms with Crippen LogP contribution in [0.15, 0.2) is 22.9 Å². The van der Waals surface area contributed by atoms with Crippen LogP contribution in [0.25, 0.3) is 10.9 Å². The summed E-state index contributed by atoms with van der Waals surface area (Å²) in [6.07, 6.45) is 1.94. The van der Waals surface area contributed by atoms with Gasteiger partial charge in [-0.2, -0.15) is 0 Å². The summed E-state index contributed by atoms with van der Waals surface area (Å²) in [5, 5.41) is 9.85. The Bertz CT molecular complexity index is 523. The van der Waals surface area contributed by atoms with E-state index in [0.717, 1.165) is 9.95 Å². The van der Waals surface area contributed by atoms with Crippen molar-refractivity contribution in [2.24, 2.45) is 0 Å². The van der Waals surface area contributed by atoms with Gasteiger partial charge in [0.15, 0.2) is 0 Å². The molecule has 2 aromatic rings. The fourth-order valence-electron chi connectivity index (χ4n) is 1.21. The van der Waals surface area contributed by atoms with Gasteiger partial charge in [0.1, 0.15) is 5.15 Å². The van der Waals surface area contributed by atoms with Crippen molar-refractivity contribution < 1.29 is 9.90 Å². The van der Waals surface area contributed by atoms with Gasteiger partial charge in [-0.05, 0) is 15.9 Å². The minimum atomic E-state index is -1.05. The maximum atomic E-state index is 10.8. The number of pyridine rings is 1. The first-order valence-electron chi connectivity index (χ1n) is 3.65. The molecule has 0 aromatic carbocycles. The van der Waals surface area contributed by atoms with Crippen molar-refractivity contribution in [2.45, 2.75) is 0 Å². The molecule has 0 amide bonds. The standard InChI is InChI=1S/C8H4BrClN2O2/c9-5-3-12(8(13)14)6-1-7(10)11-2-4(5)6/h1-3H,(H,13,14). The average molecular weight is 275 g/mol. The summed E-state index contributed by atoms with van der Waals surface area (Å²) in [6.45, 7) is 0. The first-order chi connectivity index (χ1) is 6.59. The second-order valence-electron chi connectivity index (χ2n) is 2.65. The largest absolute Gasteiger partial charge is 0.464 e. The zero-order valence-corrected chi connectivity index (χ0v) is 9.08. The predicted octanol–water partition coefficient (Wildman–Crippen LogP) is 2.98. The van der Waals surface area contributed by atoms with Crippen LogP contribution in [0.5, 0.6) is 0 Å². The molecular weight excluding hydrogens is 271 g/mol. The predicted molar refractivity (Wildman–Crippen MR) is 55.9 cm³/mol. The molecule has 4 nitrogen and oxygen atoms in total. The topological polar surface area (TPSA) is 55.1 Å². The van der Waals surface area contributed by atoms with Gasteiger partial charge in [0, 0.05) is 28.3 Å². The highest BCUT2D eigenvalue weighted by Crippen LogP contribution is 2.26. The smallest absolute Gasteiger partial charge is 0.416 e. The van der Waals surface area contributed by atoms with E-state index in [2.05, 4.69) is 20.9 Å². The quantitative estimate of drug-likeness (QED) is 0.752. The third kappa shape index (κ3) is 1.38. The second kappa shape index (κ2) is 3.25. The van der Waals surface area contributed by atoms with Crippen LogP contribution in [0.3, 0.4) is 0 Å². The molecule has 0 spiro atoms. The third-order valence-electron chi connectivity index (χ3n) is 1.81. The van der Waals surface area contributed by atoms with E-state index in [4.69, 9.17) is 16.7 Å². The first-order valence-corrected chi connectivity index (χ1v) is 4.82. The molecule has 0 fully saturated rings. The van der Waals surface area contributed by atoms with Crippen molar-refractivity contribution in [3.05, 3.63) is 28.1 Å². The molecule has 0 aliphatic heterocycles. The molecule has 2 aromatic heterocycles. The molecule has 0 aliphatic rings. The number of rotatable bonds is 0. The van der Waals surface area contributed by atoms with Crippen LogP contribution < -0.4 is 0 Å². The monoisotopic (exact) mass is 274 g/mol. The van der Waals surface area contributed by atoms with Gasteiger partial charge in [-0.15, -0.1) is 0 Å². The van der Waals surface area contributed by atoms with E-state index in [0.29, 0.717) is 9.99 Å². The number of nitrogens with zero attached hydrogens (tertiary/aromatic N) is 2. The lowest BCUT2D eigenvalue weighted by Gasteiger charge is -1.96. The van der Waals surface area contributed by atoms with Gasteiger partial charge < -0.3 is 5.11 Å². The molecule has 72 valence electrons. The van der Waals surface area contributed by atoms with Crippen molar-refractivity contribution in [3.63, 3.8) is 0 Å². The SMILES string of the molecule is O=C(O)n1cc(Br)c2cnc(Cl)cc21. The first kappa shape index (κ1) is 9.48. The molecule has 6 heteroatoms. The number of carboxylic acid groups (broad SMARTS) is 1. The van der Waals surface area contributed by atoms with Crippen LogP contribution in [0, 0.1) is 0 Å². The van der Waals surface area contributed by atoms with Gasteiger partial charge in [-0.1, -0.05) is 11.6 Å². The van der Waals surface area contributed by atoms with Gasteiger partial charge in [0.25, 0.3) is 0 Å². The highest BCUT2D eigenvalue weighted by atomic mass is 79.9. The summed E-state index contributed by atoms with van der Waals surface area (Å²) < 4.78 is 1.77. The molecule has 14 heavy (non-hydrogen) atoms. The molecule has 0 radical (unpaired) electrons. The van der Waals surface area contributed by atoms with E-state index < -0.39 is 6.09 Å². The van der Waals surface area contributed by atoms with Crippen LogP contribution in [0.1, 0.15) is 0 Å². The maximum Gasteiger partial charge on any atom is 0.416 e. The number of hydrogen-bond acceptors (Lipinski definition) is 2. The van der Waals surface area contributed by atoms with E-state index in [1.54, 1.807) is 0 Å². The van der Waals surface area contributed by atoms with Crippen molar-refractivity contribution in [3.8, 4) is 0 Å². The highest BCUT2D eigenvalue weighted by Gasteiger charge is 2.11. The zero-order chi connectivity index (χ0) is 10.3. The van der Waals surface area contributed by atoms with Crippen molar-refractivity contribution >= 4 is 44.5 Å². The molecule has 2 heterocycles. The Balaban J connectivity index is 2.85. The van der Waals surface area contributed by atoms with Gasteiger partial charge in [-0.3, -0.25) is 4.57 Å². The number of hydrogen-bond donors (Lipinski definition) is 1. The van der Waals surface area contributed by atoms with E-state index in [9.17, 15) is 4.79 Å². The molecule has 1 N–H and O–H groups in total. The summed E-state index contributed by atoms with van der Waals surface area (Å²) in [5.74, 6) is 0. The van der Waals surface area contributed by atoms with Crippen molar-refractivity contribution in [1.29, 1.82) is 0 Å². The molecule has 0 saturated heterocycles. The van der Waals surface area contributed by atoms with Crippen molar-refractivity contribution in [1.82, 2.24) is 9.55 Å². The molecule has 0 saturated carbocycles. The minimum Gasteiger partial charge on any atom is -0.464 e. The van der Waals surface area contributed by atoms with E-state index in [1.165, 1.54) is 18.5 Å². The normalized spacial score (nSPS) is 10.7. The zero-order valence-electron chi connectivity index (χ0n) is 6.74. The Hall–Kier alpha value is -1.07. The Kier molecular flexibility index (Phi) is 2.20. The van der Waals surface area contributed by atoms with Crippen LogP contribution in [-0.2, 0) is 0 Å².